The topological polar surface area (TPSA) is 54.4 Å². The van der Waals surface area contributed by atoms with Crippen LogP contribution in [0, 0.1) is 5.82 Å². The summed E-state index contributed by atoms with van der Waals surface area (Å²) in [5, 5.41) is 8.86. The van der Waals surface area contributed by atoms with Crippen molar-refractivity contribution in [2.75, 3.05) is 0 Å². The lowest BCUT2D eigenvalue weighted by Crippen LogP contribution is -2.00. The second kappa shape index (κ2) is 5.93. The number of carbonyl (C=O) groups is 2. The third kappa shape index (κ3) is 3.38. The van der Waals surface area contributed by atoms with Crippen molar-refractivity contribution in [1.29, 1.82) is 0 Å². The molecule has 2 aromatic carbocycles. The van der Waals surface area contributed by atoms with Gasteiger partial charge in [-0.05, 0) is 35.9 Å². The Morgan fingerprint density at radius 3 is 2.30 bits per heavy atom. The molecule has 0 saturated heterocycles. The average molecular weight is 270 g/mol. The van der Waals surface area contributed by atoms with E-state index in [-0.39, 0.29) is 17.2 Å². The molecular formula is C16H11FO3. The maximum Gasteiger partial charge on any atom is 0.335 e. The number of carboxylic acids is 1. The zero-order chi connectivity index (χ0) is 14.5. The van der Waals surface area contributed by atoms with Crippen LogP contribution in [0.5, 0.6) is 0 Å². The number of hydrogen-bond donors (Lipinski definition) is 1. The molecule has 0 fully saturated rings. The van der Waals surface area contributed by atoms with Crippen LogP contribution in [0.25, 0.3) is 6.08 Å². The van der Waals surface area contributed by atoms with E-state index >= 15 is 0 Å². The van der Waals surface area contributed by atoms with Gasteiger partial charge in [-0.2, -0.15) is 0 Å². The van der Waals surface area contributed by atoms with Crippen LogP contribution in [0.4, 0.5) is 4.39 Å². The van der Waals surface area contributed by atoms with Crippen molar-refractivity contribution in [2.24, 2.45) is 0 Å². The number of aromatic carboxylic acids is 1. The van der Waals surface area contributed by atoms with Gasteiger partial charge < -0.3 is 5.11 Å². The summed E-state index contributed by atoms with van der Waals surface area (Å²) in [7, 11) is 0. The number of halogens is 1. The van der Waals surface area contributed by atoms with Crippen LogP contribution in [0.3, 0.4) is 0 Å². The van der Waals surface area contributed by atoms with Crippen LogP contribution in [-0.4, -0.2) is 16.9 Å². The van der Waals surface area contributed by atoms with Crippen molar-refractivity contribution in [1.82, 2.24) is 0 Å². The molecule has 0 radical (unpaired) electrons. The summed E-state index contributed by atoms with van der Waals surface area (Å²) in [5.74, 6) is -1.73. The zero-order valence-electron chi connectivity index (χ0n) is 10.4. The second-order valence-electron chi connectivity index (χ2n) is 4.14. The van der Waals surface area contributed by atoms with E-state index in [0.29, 0.717) is 11.1 Å². The number of benzene rings is 2. The van der Waals surface area contributed by atoms with Crippen molar-refractivity contribution >= 4 is 17.8 Å². The molecule has 3 nitrogen and oxygen atoms in total. The van der Waals surface area contributed by atoms with E-state index in [9.17, 15) is 14.0 Å². The SMILES string of the molecule is O=C(O)c1cccc(C(=O)/C=C/c2ccc(F)cc2)c1. The van der Waals surface area contributed by atoms with Gasteiger partial charge in [-0.1, -0.05) is 30.3 Å². The first-order valence-corrected chi connectivity index (χ1v) is 5.87. The molecule has 0 spiro atoms. The Morgan fingerprint density at radius 1 is 1.00 bits per heavy atom. The average Bonchev–Trinajstić information content (AvgIpc) is 2.46. The fourth-order valence-corrected chi connectivity index (χ4v) is 1.65. The number of carboxylic acid groups (broad SMARTS) is 1. The van der Waals surface area contributed by atoms with Crippen molar-refractivity contribution in [3.8, 4) is 0 Å². The van der Waals surface area contributed by atoms with Gasteiger partial charge in [0, 0.05) is 5.56 Å². The summed E-state index contributed by atoms with van der Waals surface area (Å²) in [6, 6.07) is 11.5. The van der Waals surface area contributed by atoms with E-state index in [0.717, 1.165) is 0 Å². The van der Waals surface area contributed by atoms with Crippen molar-refractivity contribution in [2.45, 2.75) is 0 Å². The fourth-order valence-electron chi connectivity index (χ4n) is 1.65. The zero-order valence-corrected chi connectivity index (χ0v) is 10.4. The van der Waals surface area contributed by atoms with E-state index in [2.05, 4.69) is 0 Å². The van der Waals surface area contributed by atoms with Crippen LogP contribution in [0.15, 0.2) is 54.6 Å². The Balaban J connectivity index is 2.17. The standard InChI is InChI=1S/C16H11FO3/c17-14-7-4-11(5-8-14)6-9-15(18)12-2-1-3-13(10-12)16(19)20/h1-10H,(H,19,20)/b9-6+. The smallest absolute Gasteiger partial charge is 0.335 e. The van der Waals surface area contributed by atoms with Gasteiger partial charge in [0.05, 0.1) is 5.56 Å². The second-order valence-corrected chi connectivity index (χ2v) is 4.14. The van der Waals surface area contributed by atoms with Gasteiger partial charge in [0.1, 0.15) is 5.82 Å². The van der Waals surface area contributed by atoms with E-state index in [4.69, 9.17) is 5.11 Å². The summed E-state index contributed by atoms with van der Waals surface area (Å²) in [6.45, 7) is 0. The van der Waals surface area contributed by atoms with Crippen LogP contribution in [0.2, 0.25) is 0 Å². The molecule has 20 heavy (non-hydrogen) atoms. The fraction of sp³-hybridized carbons (Fsp3) is 0. The van der Waals surface area contributed by atoms with Gasteiger partial charge in [0.2, 0.25) is 0 Å². The normalized spacial score (nSPS) is 10.7. The molecule has 4 heteroatoms. The highest BCUT2D eigenvalue weighted by Crippen LogP contribution is 2.09. The Labute approximate surface area is 115 Å². The first-order chi connectivity index (χ1) is 9.56. The molecule has 0 heterocycles. The maximum absolute atomic E-state index is 12.7. The van der Waals surface area contributed by atoms with Gasteiger partial charge >= 0.3 is 5.97 Å². The molecule has 0 aliphatic rings. The van der Waals surface area contributed by atoms with Crippen molar-refractivity contribution < 1.29 is 19.1 Å². The van der Waals surface area contributed by atoms with Crippen LogP contribution < -0.4 is 0 Å². The Bertz CT molecular complexity index is 672. The minimum atomic E-state index is -1.08. The molecule has 0 aromatic heterocycles. The molecule has 0 saturated carbocycles. The van der Waals surface area contributed by atoms with Gasteiger partial charge in [-0.25, -0.2) is 9.18 Å². The van der Waals surface area contributed by atoms with Crippen molar-refractivity contribution in [3.63, 3.8) is 0 Å². The minimum absolute atomic E-state index is 0.0611. The van der Waals surface area contributed by atoms with E-state index in [1.807, 2.05) is 0 Å². The van der Waals surface area contributed by atoms with Gasteiger partial charge in [0.15, 0.2) is 5.78 Å². The van der Waals surface area contributed by atoms with Crippen LogP contribution >= 0.6 is 0 Å². The summed E-state index contributed by atoms with van der Waals surface area (Å²) < 4.78 is 12.7. The molecule has 2 aromatic rings. The maximum atomic E-state index is 12.7. The predicted octanol–water partition coefficient (Wildman–Crippen LogP) is 3.42. The number of carbonyl (C=O) groups excluding carboxylic acids is 1. The largest absolute Gasteiger partial charge is 0.478 e. The highest BCUT2D eigenvalue weighted by atomic mass is 19.1. The number of hydrogen-bond acceptors (Lipinski definition) is 2. The van der Waals surface area contributed by atoms with Crippen LogP contribution in [0.1, 0.15) is 26.3 Å². The molecule has 0 aliphatic carbocycles. The molecule has 0 bridgehead atoms. The molecule has 100 valence electrons. The minimum Gasteiger partial charge on any atom is -0.478 e. The van der Waals surface area contributed by atoms with Gasteiger partial charge in [-0.15, -0.1) is 0 Å². The first kappa shape index (κ1) is 13.7. The lowest BCUT2D eigenvalue weighted by molar-refractivity contribution is 0.0697. The molecular weight excluding hydrogens is 259 g/mol. The summed E-state index contributed by atoms with van der Waals surface area (Å²) in [5.41, 5.74) is 1.04. The molecule has 0 aliphatic heterocycles. The van der Waals surface area contributed by atoms with Gasteiger partial charge in [-0.3, -0.25) is 4.79 Å². The van der Waals surface area contributed by atoms with Crippen LogP contribution in [-0.2, 0) is 0 Å². The molecule has 0 amide bonds. The lowest BCUT2D eigenvalue weighted by Gasteiger charge is -1.98. The summed E-state index contributed by atoms with van der Waals surface area (Å²) in [4.78, 5) is 22.7. The predicted molar refractivity (Wildman–Crippen MR) is 73.2 cm³/mol. The summed E-state index contributed by atoms with van der Waals surface area (Å²) in [6.07, 6.45) is 2.88. The third-order valence-electron chi connectivity index (χ3n) is 2.69. The Hall–Kier alpha value is -2.75. The highest BCUT2D eigenvalue weighted by molar-refractivity contribution is 6.07. The third-order valence-corrected chi connectivity index (χ3v) is 2.69. The number of ketones is 1. The van der Waals surface area contributed by atoms with E-state index in [1.165, 1.54) is 36.4 Å². The Morgan fingerprint density at radius 2 is 1.65 bits per heavy atom. The summed E-state index contributed by atoms with van der Waals surface area (Å²) >= 11 is 0. The van der Waals surface area contributed by atoms with E-state index < -0.39 is 5.97 Å². The molecule has 0 atom stereocenters. The van der Waals surface area contributed by atoms with Crippen molar-refractivity contribution in [3.05, 3.63) is 77.1 Å². The Kier molecular flexibility index (Phi) is 4.05. The first-order valence-electron chi connectivity index (χ1n) is 5.87. The molecule has 0 unspecified atom stereocenters. The quantitative estimate of drug-likeness (QED) is 0.684. The van der Waals surface area contributed by atoms with Gasteiger partial charge in [0.25, 0.3) is 0 Å². The van der Waals surface area contributed by atoms with E-state index in [1.54, 1.807) is 24.3 Å². The number of allylic oxidation sites excluding steroid dienone is 1. The monoisotopic (exact) mass is 270 g/mol. The lowest BCUT2D eigenvalue weighted by atomic mass is 10.1. The molecule has 1 N–H and O–H groups in total. The molecule has 2 rings (SSSR count). The highest BCUT2D eigenvalue weighted by Gasteiger charge is 2.06. The number of rotatable bonds is 4.